The van der Waals surface area contributed by atoms with Gasteiger partial charge in [-0.05, 0) is 6.37 Å². The molecule has 1 aliphatic rings. The third kappa shape index (κ3) is 4.15. The first-order chi connectivity index (χ1) is 10.1. The molecule has 1 aliphatic heterocycles. The Balaban J connectivity index is 0.00000529. The number of carbonyl (C=O) groups is 1. The molecule has 0 spiro atoms. The van der Waals surface area contributed by atoms with Crippen LogP contribution in [0.1, 0.15) is 22.8 Å². The van der Waals surface area contributed by atoms with Gasteiger partial charge in [-0.25, -0.2) is 0 Å². The molecule has 94 valence electrons. The first kappa shape index (κ1) is 8.44. The molecule has 0 bridgehead atoms. The van der Waals surface area contributed by atoms with Gasteiger partial charge in [0.05, 0.1) is 8.71 Å². The van der Waals surface area contributed by atoms with Crippen molar-refractivity contribution in [2.75, 3.05) is 6.56 Å². The molecule has 1 saturated heterocycles. The summed E-state index contributed by atoms with van der Waals surface area (Å²) in [6.07, 6.45) is -14.4. The summed E-state index contributed by atoms with van der Waals surface area (Å²) in [6, 6.07) is 0. The molecule has 0 amide bonds. The van der Waals surface area contributed by atoms with Crippen LogP contribution in [0.25, 0.3) is 0 Å². The Morgan fingerprint density at radius 3 is 2.65 bits per heavy atom. The zero-order chi connectivity index (χ0) is 18.4. The number of rotatable bonds is 4. The number of aliphatic hydroxyl groups excluding tert-OH is 3. The number of aliphatic hydroxyl groups is 3. The third-order valence-corrected chi connectivity index (χ3v) is 2.03. The van der Waals surface area contributed by atoms with Crippen molar-refractivity contribution in [2.45, 2.75) is 43.9 Å². The summed E-state index contributed by atoms with van der Waals surface area (Å²) in [5.41, 5.74) is 0. The first-order valence-electron chi connectivity index (χ1n) is 7.72. The van der Waals surface area contributed by atoms with Gasteiger partial charge in [-0.15, -0.1) is 0 Å². The molecule has 0 aliphatic carbocycles. The van der Waals surface area contributed by atoms with Crippen molar-refractivity contribution in [2.24, 2.45) is 0 Å². The molecule has 8 heteroatoms. The molecule has 0 radical (unpaired) electrons. The second-order valence-electron chi connectivity index (χ2n) is 3.06. The molecule has 1 rings (SSSR count). The van der Waals surface area contributed by atoms with E-state index in [1.54, 1.807) is 0 Å². The number of ether oxygens (including phenoxy) is 2. The molecular formula is C9H15NaO7. The number of hydrogen-bond acceptors (Lipinski definition) is 7. The Morgan fingerprint density at radius 2 is 2.12 bits per heavy atom. The normalized spacial score (nSPS) is 45.8. The molecular weight excluding hydrogens is 243 g/mol. The summed E-state index contributed by atoms with van der Waals surface area (Å²) in [4.78, 5) is 10.8. The molecule has 3 N–H and O–H groups in total. The Bertz CT molecular complexity index is 460. The van der Waals surface area contributed by atoms with Crippen LogP contribution in [-0.2, 0) is 14.3 Å². The van der Waals surface area contributed by atoms with Crippen molar-refractivity contribution >= 4 is 5.97 Å². The summed E-state index contributed by atoms with van der Waals surface area (Å²) in [6.45, 7) is -7.01. The van der Waals surface area contributed by atoms with E-state index in [-0.39, 0.29) is 29.6 Å². The number of hydrogen-bond donors (Lipinski definition) is 3. The van der Waals surface area contributed by atoms with Crippen LogP contribution in [0.5, 0.6) is 0 Å². The van der Waals surface area contributed by atoms with E-state index in [4.69, 9.17) is 9.60 Å². The van der Waals surface area contributed by atoms with Gasteiger partial charge in [0.1, 0.15) is 24.4 Å². The Hall–Kier alpha value is 0.270. The van der Waals surface area contributed by atoms with Crippen molar-refractivity contribution < 1.29 is 73.8 Å². The molecule has 0 saturated carbocycles. The second-order valence-corrected chi connectivity index (χ2v) is 3.06. The van der Waals surface area contributed by atoms with E-state index in [2.05, 4.69) is 9.47 Å². The van der Waals surface area contributed by atoms with Crippen molar-refractivity contribution in [1.82, 2.24) is 0 Å². The zero-order valence-corrected chi connectivity index (χ0v) is 10.9. The average Bonchev–Trinajstić information content (AvgIpc) is 2.37. The smallest absolute Gasteiger partial charge is 0.547 e. The van der Waals surface area contributed by atoms with Crippen molar-refractivity contribution in [3.05, 3.63) is 0 Å². The first-order valence-corrected chi connectivity index (χ1v) is 4.22. The van der Waals surface area contributed by atoms with Gasteiger partial charge in [0, 0.05) is 13.4 Å². The van der Waals surface area contributed by atoms with Gasteiger partial charge in [0.2, 0.25) is 0 Å². The summed E-state index contributed by atoms with van der Waals surface area (Å²) < 4.78 is 59.4. The minimum Gasteiger partial charge on any atom is -0.547 e. The molecule has 0 aromatic heterocycles. The molecule has 1 heterocycles. The maximum absolute atomic E-state index is 10.8. The van der Waals surface area contributed by atoms with Gasteiger partial charge in [-0.2, -0.15) is 0 Å². The van der Waals surface area contributed by atoms with Gasteiger partial charge in [0.25, 0.3) is 0 Å². The van der Waals surface area contributed by atoms with Crippen LogP contribution >= 0.6 is 0 Å². The zero-order valence-electron chi connectivity index (χ0n) is 15.9. The standard InChI is InChI=1S/C9H16O7.Na/c1-2-3-15-9-6(12)4(10)5(11)7(16-9)8(13)14;/h4-7,9-12H,2-3H2,1H3,(H,13,14);/q;+1/p-1/t4-,5-,6+,7-,9+;/m0./s1/i1D3,2D2,3D2;. The SMILES string of the molecule is [2H]C([2H])([2H])C([2H])([2H])C([2H])([2H])O[C@@H]1O[C@H](C(=O)[O-])[C@@H](O)[C@H](O)[C@H]1O.[Na+]. The van der Waals surface area contributed by atoms with E-state index in [1.807, 2.05) is 0 Å². The molecule has 1 fully saturated rings. The van der Waals surface area contributed by atoms with Gasteiger partial charge in [-0.3, -0.25) is 0 Å². The van der Waals surface area contributed by atoms with Crippen molar-refractivity contribution in [1.29, 1.82) is 0 Å². The van der Waals surface area contributed by atoms with Crippen LogP contribution in [0, 0.1) is 0 Å². The number of carbonyl (C=O) groups excluding carboxylic acids is 1. The minimum absolute atomic E-state index is 0. The fourth-order valence-corrected chi connectivity index (χ4v) is 1.23. The van der Waals surface area contributed by atoms with Crippen LogP contribution < -0.4 is 34.7 Å². The second kappa shape index (κ2) is 7.65. The summed E-state index contributed by atoms with van der Waals surface area (Å²) in [5.74, 6) is -2.00. The maximum atomic E-state index is 10.8. The maximum Gasteiger partial charge on any atom is 1.00 e. The summed E-state index contributed by atoms with van der Waals surface area (Å²) >= 11 is 0. The van der Waals surface area contributed by atoms with E-state index in [1.165, 1.54) is 0 Å². The fraction of sp³-hybridized carbons (Fsp3) is 0.889. The van der Waals surface area contributed by atoms with Crippen LogP contribution in [-0.4, -0.2) is 58.6 Å². The molecule has 5 atom stereocenters. The summed E-state index contributed by atoms with van der Waals surface area (Å²) in [7, 11) is 0. The van der Waals surface area contributed by atoms with E-state index in [0.717, 1.165) is 0 Å². The quantitative estimate of drug-likeness (QED) is 0.433. The fourth-order valence-electron chi connectivity index (χ4n) is 1.23. The summed E-state index contributed by atoms with van der Waals surface area (Å²) in [5, 5.41) is 39.3. The van der Waals surface area contributed by atoms with Crippen LogP contribution in [0.3, 0.4) is 0 Å². The molecule has 0 unspecified atom stereocenters. The average molecular weight is 265 g/mol. The van der Waals surface area contributed by atoms with E-state index < -0.39 is 56.5 Å². The topological polar surface area (TPSA) is 119 Å². The van der Waals surface area contributed by atoms with Gasteiger partial charge >= 0.3 is 29.6 Å². The van der Waals surface area contributed by atoms with Crippen LogP contribution in [0.15, 0.2) is 0 Å². The van der Waals surface area contributed by atoms with E-state index in [0.29, 0.717) is 0 Å². The van der Waals surface area contributed by atoms with Gasteiger partial charge < -0.3 is 34.7 Å². The third-order valence-electron chi connectivity index (χ3n) is 2.03. The Kier molecular flexibility index (Phi) is 3.80. The van der Waals surface area contributed by atoms with E-state index in [9.17, 15) is 25.2 Å². The largest absolute Gasteiger partial charge is 1.00 e. The number of carboxylic acids is 1. The van der Waals surface area contributed by atoms with Crippen molar-refractivity contribution in [3.8, 4) is 0 Å². The predicted octanol–water partition coefficient (Wildman–Crippen LogP) is -6.03. The minimum atomic E-state index is -3.55. The molecule has 0 aromatic rings. The van der Waals surface area contributed by atoms with Gasteiger partial charge in [-0.1, -0.05) is 6.85 Å². The van der Waals surface area contributed by atoms with Gasteiger partial charge in [0.15, 0.2) is 6.29 Å². The Labute approximate surface area is 130 Å². The van der Waals surface area contributed by atoms with Crippen LogP contribution in [0.2, 0.25) is 0 Å². The molecule has 7 nitrogen and oxygen atoms in total. The molecule has 0 aromatic carbocycles. The molecule has 17 heavy (non-hydrogen) atoms. The van der Waals surface area contributed by atoms with Crippen LogP contribution in [0.4, 0.5) is 0 Å². The van der Waals surface area contributed by atoms with E-state index >= 15 is 0 Å². The number of carboxylic acid groups (broad SMARTS) is 1. The number of aliphatic carboxylic acids is 1. The monoisotopic (exact) mass is 265 g/mol. The predicted molar refractivity (Wildman–Crippen MR) is 47.9 cm³/mol. The Morgan fingerprint density at radius 1 is 1.47 bits per heavy atom. The van der Waals surface area contributed by atoms with Crippen molar-refractivity contribution in [3.63, 3.8) is 0 Å².